The van der Waals surface area contributed by atoms with Crippen molar-refractivity contribution in [3.05, 3.63) is 23.8 Å². The smallest absolute Gasteiger partial charge is 0.161 e. The monoisotopic (exact) mass is 224 g/mol. The van der Waals surface area contributed by atoms with Gasteiger partial charge in [0.2, 0.25) is 0 Å². The second-order valence-electron chi connectivity index (χ2n) is 3.53. The molecule has 0 spiro atoms. The average molecular weight is 224 g/mol. The zero-order valence-electron chi connectivity index (χ0n) is 9.90. The molecule has 90 valence electrons. The van der Waals surface area contributed by atoms with Gasteiger partial charge in [-0.25, -0.2) is 0 Å². The van der Waals surface area contributed by atoms with Gasteiger partial charge in [0.1, 0.15) is 0 Å². The molecule has 0 aromatic heterocycles. The van der Waals surface area contributed by atoms with Crippen molar-refractivity contribution in [2.45, 2.75) is 19.4 Å². The molecule has 0 heterocycles. The Hall–Kier alpha value is -1.26. The molecule has 0 aliphatic heterocycles. The van der Waals surface area contributed by atoms with E-state index in [-0.39, 0.29) is 6.04 Å². The van der Waals surface area contributed by atoms with Crippen LogP contribution in [0.25, 0.3) is 0 Å². The number of hydrogen-bond donors (Lipinski definition) is 2. The number of rotatable bonds is 6. The normalized spacial score (nSPS) is 12.2. The third-order valence-electron chi connectivity index (χ3n) is 2.39. The topological polar surface area (TPSA) is 70.5 Å². The fraction of sp³-hybridized carbons (Fsp3) is 0.500. The quantitative estimate of drug-likeness (QED) is 0.767. The van der Waals surface area contributed by atoms with Crippen molar-refractivity contribution in [2.75, 3.05) is 20.3 Å². The van der Waals surface area contributed by atoms with Gasteiger partial charge < -0.3 is 20.9 Å². The number of ether oxygens (including phenoxy) is 2. The molecule has 0 bridgehead atoms. The zero-order chi connectivity index (χ0) is 12.0. The first kappa shape index (κ1) is 12.8. The van der Waals surface area contributed by atoms with Crippen LogP contribution in [-0.2, 0) is 0 Å². The van der Waals surface area contributed by atoms with Gasteiger partial charge in [0.15, 0.2) is 11.5 Å². The Kier molecular flexibility index (Phi) is 5.08. The Balaban J connectivity index is 2.89. The summed E-state index contributed by atoms with van der Waals surface area (Å²) in [5, 5.41) is 0. The lowest BCUT2D eigenvalue weighted by molar-refractivity contribution is 0.310. The molecule has 0 saturated carbocycles. The SMILES string of the molecule is CCOc1ccc([C@@H](N)CCN)cc1OC. The third-order valence-corrected chi connectivity index (χ3v) is 2.39. The van der Waals surface area contributed by atoms with Crippen LogP contribution < -0.4 is 20.9 Å². The fourth-order valence-electron chi connectivity index (χ4n) is 1.54. The van der Waals surface area contributed by atoms with Crippen molar-refractivity contribution >= 4 is 0 Å². The maximum atomic E-state index is 5.98. The molecule has 1 aromatic carbocycles. The molecule has 4 nitrogen and oxygen atoms in total. The highest BCUT2D eigenvalue weighted by atomic mass is 16.5. The van der Waals surface area contributed by atoms with Crippen LogP contribution in [0.1, 0.15) is 24.9 Å². The second kappa shape index (κ2) is 6.35. The molecule has 0 fully saturated rings. The van der Waals surface area contributed by atoms with Crippen LogP contribution in [0.3, 0.4) is 0 Å². The minimum atomic E-state index is -0.0467. The van der Waals surface area contributed by atoms with E-state index < -0.39 is 0 Å². The molecule has 4 heteroatoms. The van der Waals surface area contributed by atoms with E-state index in [1.54, 1.807) is 7.11 Å². The van der Waals surface area contributed by atoms with Gasteiger partial charge >= 0.3 is 0 Å². The molecule has 0 aliphatic rings. The molecule has 0 amide bonds. The predicted octanol–water partition coefficient (Wildman–Crippen LogP) is 1.44. The summed E-state index contributed by atoms with van der Waals surface area (Å²) in [6, 6.07) is 5.70. The largest absolute Gasteiger partial charge is 0.493 e. The van der Waals surface area contributed by atoms with Crippen LogP contribution in [0.5, 0.6) is 11.5 Å². The predicted molar refractivity (Wildman–Crippen MR) is 64.8 cm³/mol. The lowest BCUT2D eigenvalue weighted by atomic mass is 10.0. The summed E-state index contributed by atoms with van der Waals surface area (Å²) in [5.41, 5.74) is 12.5. The first-order chi connectivity index (χ1) is 7.72. The van der Waals surface area contributed by atoms with Gasteiger partial charge in [0.05, 0.1) is 13.7 Å². The highest BCUT2D eigenvalue weighted by Crippen LogP contribution is 2.30. The van der Waals surface area contributed by atoms with Crippen molar-refractivity contribution < 1.29 is 9.47 Å². The number of methoxy groups -OCH3 is 1. The summed E-state index contributed by atoms with van der Waals surface area (Å²) in [4.78, 5) is 0. The standard InChI is InChI=1S/C12H20N2O2/c1-3-16-11-5-4-9(8-12(11)15-2)10(14)6-7-13/h4-5,8,10H,3,6-7,13-14H2,1-2H3/t10-/m0/s1. The van der Waals surface area contributed by atoms with Crippen LogP contribution >= 0.6 is 0 Å². The van der Waals surface area contributed by atoms with Crippen LogP contribution in [0, 0.1) is 0 Å². The molecule has 1 atom stereocenters. The van der Waals surface area contributed by atoms with Crippen LogP contribution in [-0.4, -0.2) is 20.3 Å². The average Bonchev–Trinajstić information content (AvgIpc) is 2.30. The summed E-state index contributed by atoms with van der Waals surface area (Å²) in [7, 11) is 1.62. The van der Waals surface area contributed by atoms with Crippen LogP contribution in [0.4, 0.5) is 0 Å². The Morgan fingerprint density at radius 2 is 2.06 bits per heavy atom. The van der Waals surface area contributed by atoms with Gasteiger partial charge in [0.25, 0.3) is 0 Å². The van der Waals surface area contributed by atoms with Gasteiger partial charge in [-0.1, -0.05) is 6.07 Å². The lowest BCUT2D eigenvalue weighted by Gasteiger charge is -2.14. The number of nitrogens with two attached hydrogens (primary N) is 2. The number of benzene rings is 1. The third kappa shape index (κ3) is 3.12. The summed E-state index contributed by atoms with van der Waals surface area (Å²) in [6.45, 7) is 3.13. The van der Waals surface area contributed by atoms with Gasteiger partial charge in [-0.15, -0.1) is 0 Å². The molecular formula is C12H20N2O2. The van der Waals surface area contributed by atoms with E-state index in [0.29, 0.717) is 18.9 Å². The van der Waals surface area contributed by atoms with Gasteiger partial charge in [0, 0.05) is 6.04 Å². The summed E-state index contributed by atoms with van der Waals surface area (Å²) in [6.07, 6.45) is 0.761. The van der Waals surface area contributed by atoms with Gasteiger partial charge in [-0.3, -0.25) is 0 Å². The maximum absolute atomic E-state index is 5.98. The summed E-state index contributed by atoms with van der Waals surface area (Å²) >= 11 is 0. The van der Waals surface area contributed by atoms with Crippen molar-refractivity contribution in [2.24, 2.45) is 11.5 Å². The van der Waals surface area contributed by atoms with Crippen molar-refractivity contribution in [3.8, 4) is 11.5 Å². The fourth-order valence-corrected chi connectivity index (χ4v) is 1.54. The van der Waals surface area contributed by atoms with Crippen molar-refractivity contribution in [3.63, 3.8) is 0 Å². The van der Waals surface area contributed by atoms with E-state index in [4.69, 9.17) is 20.9 Å². The first-order valence-electron chi connectivity index (χ1n) is 5.49. The van der Waals surface area contributed by atoms with Gasteiger partial charge in [-0.2, -0.15) is 0 Å². The van der Waals surface area contributed by atoms with E-state index in [0.717, 1.165) is 17.7 Å². The minimum Gasteiger partial charge on any atom is -0.493 e. The highest BCUT2D eigenvalue weighted by molar-refractivity contribution is 5.43. The molecule has 1 rings (SSSR count). The van der Waals surface area contributed by atoms with Crippen molar-refractivity contribution in [1.82, 2.24) is 0 Å². The lowest BCUT2D eigenvalue weighted by Crippen LogP contribution is -2.15. The Bertz CT molecular complexity index is 329. The summed E-state index contributed by atoms with van der Waals surface area (Å²) < 4.78 is 10.7. The molecule has 16 heavy (non-hydrogen) atoms. The van der Waals surface area contributed by atoms with Crippen LogP contribution in [0.2, 0.25) is 0 Å². The van der Waals surface area contributed by atoms with E-state index in [1.165, 1.54) is 0 Å². The minimum absolute atomic E-state index is 0.0467. The second-order valence-corrected chi connectivity index (χ2v) is 3.53. The Labute approximate surface area is 96.5 Å². The van der Waals surface area contributed by atoms with E-state index in [2.05, 4.69) is 0 Å². The van der Waals surface area contributed by atoms with E-state index in [9.17, 15) is 0 Å². The first-order valence-corrected chi connectivity index (χ1v) is 5.49. The molecule has 1 aromatic rings. The number of hydrogen-bond acceptors (Lipinski definition) is 4. The molecular weight excluding hydrogens is 204 g/mol. The highest BCUT2D eigenvalue weighted by Gasteiger charge is 2.09. The maximum Gasteiger partial charge on any atom is 0.161 e. The van der Waals surface area contributed by atoms with E-state index >= 15 is 0 Å². The molecule has 0 radical (unpaired) electrons. The molecule has 0 unspecified atom stereocenters. The summed E-state index contributed by atoms with van der Waals surface area (Å²) in [5.74, 6) is 1.46. The molecule has 4 N–H and O–H groups in total. The van der Waals surface area contributed by atoms with Crippen LogP contribution in [0.15, 0.2) is 18.2 Å². The molecule has 0 saturated heterocycles. The Morgan fingerprint density at radius 1 is 1.31 bits per heavy atom. The zero-order valence-corrected chi connectivity index (χ0v) is 9.90. The van der Waals surface area contributed by atoms with E-state index in [1.807, 2.05) is 25.1 Å². The molecule has 0 aliphatic carbocycles. The van der Waals surface area contributed by atoms with Gasteiger partial charge in [-0.05, 0) is 37.6 Å². The van der Waals surface area contributed by atoms with Crippen molar-refractivity contribution in [1.29, 1.82) is 0 Å². The Morgan fingerprint density at radius 3 is 2.62 bits per heavy atom.